The number of fused-ring (bicyclic) bond motifs is 2. The molecule has 102 valence electrons. The van der Waals surface area contributed by atoms with Gasteiger partial charge in [-0.2, -0.15) is 0 Å². The molecule has 18 heavy (non-hydrogen) atoms. The van der Waals surface area contributed by atoms with Gasteiger partial charge in [0.2, 0.25) is 5.91 Å². The first-order valence-electron chi connectivity index (χ1n) is 6.48. The molecule has 5 heteroatoms. The molecule has 2 aliphatic rings. The van der Waals surface area contributed by atoms with Crippen LogP contribution in [0.2, 0.25) is 0 Å². The zero-order chi connectivity index (χ0) is 13.6. The lowest BCUT2D eigenvalue weighted by Crippen LogP contribution is -2.47. The van der Waals surface area contributed by atoms with E-state index in [2.05, 4.69) is 5.32 Å². The van der Waals surface area contributed by atoms with Crippen LogP contribution in [-0.2, 0) is 9.53 Å². The smallest absolute Gasteiger partial charge is 0.408 e. The van der Waals surface area contributed by atoms with Gasteiger partial charge in [0.1, 0.15) is 5.60 Å². The molecule has 2 rings (SSSR count). The van der Waals surface area contributed by atoms with E-state index in [0.29, 0.717) is 6.42 Å². The number of carbonyl (C=O) groups is 2. The lowest BCUT2D eigenvalue weighted by Gasteiger charge is -2.29. The molecule has 0 aromatic carbocycles. The summed E-state index contributed by atoms with van der Waals surface area (Å²) >= 11 is 0. The summed E-state index contributed by atoms with van der Waals surface area (Å²) in [4.78, 5) is 23.3. The topological polar surface area (TPSA) is 81.4 Å². The van der Waals surface area contributed by atoms with Gasteiger partial charge in [0.15, 0.2) is 0 Å². The van der Waals surface area contributed by atoms with Gasteiger partial charge < -0.3 is 15.8 Å². The van der Waals surface area contributed by atoms with Gasteiger partial charge in [-0.15, -0.1) is 0 Å². The van der Waals surface area contributed by atoms with Crippen LogP contribution in [0.25, 0.3) is 0 Å². The van der Waals surface area contributed by atoms with Crippen LogP contribution in [0.3, 0.4) is 0 Å². The third kappa shape index (κ3) is 2.31. The fraction of sp³-hybridized carbons (Fsp3) is 0.846. The Hall–Kier alpha value is -1.26. The molecule has 0 heterocycles. The Labute approximate surface area is 107 Å². The highest BCUT2D eigenvalue weighted by Crippen LogP contribution is 2.56. The van der Waals surface area contributed by atoms with Crippen molar-refractivity contribution >= 4 is 12.0 Å². The molecule has 2 amide bonds. The van der Waals surface area contributed by atoms with E-state index in [4.69, 9.17) is 10.5 Å². The average Bonchev–Trinajstić information content (AvgIpc) is 2.70. The second-order valence-corrected chi connectivity index (χ2v) is 6.73. The Morgan fingerprint density at radius 3 is 2.11 bits per heavy atom. The first-order valence-corrected chi connectivity index (χ1v) is 6.48. The van der Waals surface area contributed by atoms with Crippen molar-refractivity contribution in [2.75, 3.05) is 0 Å². The number of amides is 2. The van der Waals surface area contributed by atoms with Gasteiger partial charge >= 0.3 is 6.09 Å². The summed E-state index contributed by atoms with van der Waals surface area (Å²) in [7, 11) is 0. The third-order valence-corrected chi connectivity index (χ3v) is 4.13. The summed E-state index contributed by atoms with van der Waals surface area (Å²) in [6.45, 7) is 5.50. The number of ether oxygens (including phenoxy) is 1. The predicted molar refractivity (Wildman–Crippen MR) is 66.8 cm³/mol. The highest BCUT2D eigenvalue weighted by Gasteiger charge is 2.58. The number of alkyl carbamates (subject to hydrolysis) is 1. The quantitative estimate of drug-likeness (QED) is 0.787. The largest absolute Gasteiger partial charge is 0.444 e. The minimum atomic E-state index is -0.501. The summed E-state index contributed by atoms with van der Waals surface area (Å²) in [5, 5.41) is 2.95. The van der Waals surface area contributed by atoms with Crippen LogP contribution in [0.5, 0.6) is 0 Å². The highest BCUT2D eigenvalue weighted by molar-refractivity contribution is 5.82. The molecular weight excluding hydrogens is 232 g/mol. The fourth-order valence-corrected chi connectivity index (χ4v) is 3.23. The minimum absolute atomic E-state index is 0.229. The average molecular weight is 254 g/mol. The van der Waals surface area contributed by atoms with Crippen LogP contribution in [0.15, 0.2) is 0 Å². The summed E-state index contributed by atoms with van der Waals surface area (Å²) in [6.07, 6.45) is 3.44. The second kappa shape index (κ2) is 3.87. The number of rotatable bonds is 2. The molecule has 0 aromatic heterocycles. The molecule has 5 nitrogen and oxygen atoms in total. The summed E-state index contributed by atoms with van der Waals surface area (Å²) in [5.74, 6) is -0.229. The summed E-state index contributed by atoms with van der Waals surface area (Å²) in [6, 6.07) is 0. The van der Waals surface area contributed by atoms with Gasteiger partial charge in [-0.25, -0.2) is 4.79 Å². The number of nitrogens with two attached hydrogens (primary N) is 1. The van der Waals surface area contributed by atoms with Crippen LogP contribution in [-0.4, -0.2) is 23.1 Å². The number of hydrogen-bond donors (Lipinski definition) is 2. The lowest BCUT2D eigenvalue weighted by molar-refractivity contribution is -0.127. The van der Waals surface area contributed by atoms with E-state index in [1.807, 2.05) is 20.8 Å². The Morgan fingerprint density at radius 1 is 1.17 bits per heavy atom. The molecule has 2 fully saturated rings. The van der Waals surface area contributed by atoms with E-state index in [-0.39, 0.29) is 11.4 Å². The van der Waals surface area contributed by atoms with Crippen molar-refractivity contribution in [1.82, 2.24) is 5.32 Å². The molecule has 0 aliphatic heterocycles. The lowest BCUT2D eigenvalue weighted by atomic mass is 9.83. The van der Waals surface area contributed by atoms with E-state index >= 15 is 0 Å². The van der Waals surface area contributed by atoms with Crippen molar-refractivity contribution in [3.8, 4) is 0 Å². The number of carbonyl (C=O) groups excluding carboxylic acids is 2. The standard InChI is InChI=1S/C13H22N2O3/c1-11(2,3)18-10(17)15-13-6-4-12(8-13,5-7-13)9(14)16/h4-8H2,1-3H3,(H2,14,16)(H,15,17). The molecule has 0 spiro atoms. The molecule has 2 aliphatic carbocycles. The summed E-state index contributed by atoms with van der Waals surface area (Å²) < 4.78 is 5.27. The van der Waals surface area contributed by atoms with E-state index < -0.39 is 17.1 Å². The molecular formula is C13H22N2O3. The second-order valence-electron chi connectivity index (χ2n) is 6.73. The van der Waals surface area contributed by atoms with Gasteiger partial charge in [0.05, 0.1) is 5.41 Å². The normalized spacial score (nSPS) is 34.4. The fourth-order valence-electron chi connectivity index (χ4n) is 3.23. The zero-order valence-electron chi connectivity index (χ0n) is 11.3. The molecule has 0 unspecified atom stereocenters. The van der Waals surface area contributed by atoms with Crippen molar-refractivity contribution in [1.29, 1.82) is 0 Å². The van der Waals surface area contributed by atoms with Crippen molar-refractivity contribution in [2.45, 2.75) is 64.0 Å². The minimum Gasteiger partial charge on any atom is -0.444 e. The molecule has 0 atom stereocenters. The van der Waals surface area contributed by atoms with Gasteiger partial charge in [-0.3, -0.25) is 4.79 Å². The van der Waals surface area contributed by atoms with Gasteiger partial charge in [0.25, 0.3) is 0 Å². The Morgan fingerprint density at radius 2 is 1.72 bits per heavy atom. The maximum atomic E-state index is 11.8. The molecule has 2 bridgehead atoms. The Kier molecular flexibility index (Phi) is 2.83. The SMILES string of the molecule is CC(C)(C)OC(=O)NC12CCC(C(N)=O)(CC1)C2. The Bertz CT molecular complexity index is 376. The van der Waals surface area contributed by atoms with Crippen molar-refractivity contribution in [3.63, 3.8) is 0 Å². The molecule has 0 radical (unpaired) electrons. The first kappa shape index (κ1) is 13.2. The summed E-state index contributed by atoms with van der Waals surface area (Å²) in [5.41, 5.74) is 4.30. The van der Waals surface area contributed by atoms with Crippen molar-refractivity contribution in [3.05, 3.63) is 0 Å². The van der Waals surface area contributed by atoms with E-state index in [0.717, 1.165) is 25.7 Å². The van der Waals surface area contributed by atoms with Crippen LogP contribution in [0.1, 0.15) is 52.9 Å². The van der Waals surface area contributed by atoms with Gasteiger partial charge in [0, 0.05) is 5.54 Å². The maximum absolute atomic E-state index is 11.8. The highest BCUT2D eigenvalue weighted by atomic mass is 16.6. The number of primary amides is 1. The van der Waals surface area contributed by atoms with Crippen molar-refractivity contribution in [2.24, 2.45) is 11.1 Å². The van der Waals surface area contributed by atoms with Crippen molar-refractivity contribution < 1.29 is 14.3 Å². The van der Waals surface area contributed by atoms with Crippen LogP contribution < -0.4 is 11.1 Å². The number of nitrogens with one attached hydrogen (secondary N) is 1. The Balaban J connectivity index is 2.00. The van der Waals surface area contributed by atoms with Crippen LogP contribution in [0.4, 0.5) is 4.79 Å². The maximum Gasteiger partial charge on any atom is 0.408 e. The van der Waals surface area contributed by atoms with E-state index in [9.17, 15) is 9.59 Å². The monoisotopic (exact) mass is 254 g/mol. The van der Waals surface area contributed by atoms with Crippen LogP contribution in [0, 0.1) is 5.41 Å². The number of hydrogen-bond acceptors (Lipinski definition) is 3. The third-order valence-electron chi connectivity index (χ3n) is 4.13. The molecule has 0 saturated heterocycles. The zero-order valence-corrected chi connectivity index (χ0v) is 11.3. The van der Waals surface area contributed by atoms with E-state index in [1.165, 1.54) is 0 Å². The van der Waals surface area contributed by atoms with Gasteiger partial charge in [-0.05, 0) is 52.9 Å². The first-order chi connectivity index (χ1) is 8.17. The van der Waals surface area contributed by atoms with Gasteiger partial charge in [-0.1, -0.05) is 0 Å². The van der Waals surface area contributed by atoms with Crippen LogP contribution >= 0.6 is 0 Å². The molecule has 0 aromatic rings. The molecule has 2 saturated carbocycles. The predicted octanol–water partition coefficient (Wildman–Crippen LogP) is 1.70. The van der Waals surface area contributed by atoms with E-state index in [1.54, 1.807) is 0 Å². The molecule has 3 N–H and O–H groups in total.